The van der Waals surface area contributed by atoms with Crippen LogP contribution in [-0.4, -0.2) is 17.8 Å². The van der Waals surface area contributed by atoms with Crippen LogP contribution in [0.1, 0.15) is 0 Å². The van der Waals surface area contributed by atoms with Gasteiger partial charge in [-0.2, -0.15) is 0 Å². The number of aliphatic hydroxyl groups is 1. The first-order valence-corrected chi connectivity index (χ1v) is 1.99. The average molecular weight is 117 g/mol. The zero-order valence-corrected chi connectivity index (χ0v) is 4.20. The summed E-state index contributed by atoms with van der Waals surface area (Å²) in [5.74, 6) is 0. The number of rotatable bonds is 2. The van der Waals surface area contributed by atoms with E-state index >= 15 is 0 Å². The fraction of sp³-hybridized carbons (Fsp3) is 0.250. The maximum Gasteiger partial charge on any atom is 0.404 e. The van der Waals surface area contributed by atoms with Gasteiger partial charge in [0.15, 0.2) is 0 Å². The van der Waals surface area contributed by atoms with E-state index in [9.17, 15) is 4.79 Å². The molecule has 8 heavy (non-hydrogen) atoms. The van der Waals surface area contributed by atoms with Crippen LogP contribution in [0.15, 0.2) is 12.3 Å². The minimum absolute atomic E-state index is 0.0197. The summed E-state index contributed by atoms with van der Waals surface area (Å²) in [6.07, 6.45) is 1.19. The molecule has 0 saturated carbocycles. The van der Waals surface area contributed by atoms with E-state index in [4.69, 9.17) is 5.11 Å². The van der Waals surface area contributed by atoms with Crippen LogP contribution in [0.2, 0.25) is 0 Å². The van der Waals surface area contributed by atoms with Crippen molar-refractivity contribution in [3.05, 3.63) is 12.3 Å². The molecule has 0 aliphatic carbocycles. The third kappa shape index (κ3) is 4.81. The predicted octanol–water partition coefficient (Wildman–Crippen LogP) is 0.153. The van der Waals surface area contributed by atoms with Crippen LogP contribution in [0.4, 0.5) is 4.79 Å². The highest BCUT2D eigenvalue weighted by Crippen LogP contribution is 1.73. The first-order valence-electron chi connectivity index (χ1n) is 1.99. The fourth-order valence-corrected chi connectivity index (χ4v) is 0.173. The maximum absolute atomic E-state index is 9.76. The second-order valence-corrected chi connectivity index (χ2v) is 1.01. The summed E-state index contributed by atoms with van der Waals surface area (Å²) in [4.78, 5) is 9.76. The largest absolute Gasteiger partial charge is 0.516 e. The van der Waals surface area contributed by atoms with Gasteiger partial charge >= 0.3 is 6.09 Å². The van der Waals surface area contributed by atoms with Crippen molar-refractivity contribution in [2.75, 3.05) is 6.61 Å². The first-order chi connectivity index (χ1) is 3.77. The Morgan fingerprint density at radius 3 is 2.88 bits per heavy atom. The highest BCUT2D eigenvalue weighted by molar-refractivity contribution is 5.64. The van der Waals surface area contributed by atoms with Gasteiger partial charge in [-0.3, -0.25) is 0 Å². The number of hydrogen-bond acceptors (Lipinski definition) is 3. The molecule has 46 valence electrons. The lowest BCUT2D eigenvalue weighted by Crippen LogP contribution is -2.12. The molecule has 0 aromatic carbocycles. The van der Waals surface area contributed by atoms with Crippen molar-refractivity contribution in [1.82, 2.24) is 0 Å². The van der Waals surface area contributed by atoms with Crippen LogP contribution < -0.4 is 5.73 Å². The number of carbonyl (C=O) groups is 1. The van der Waals surface area contributed by atoms with E-state index in [-0.39, 0.29) is 6.61 Å². The van der Waals surface area contributed by atoms with E-state index in [2.05, 4.69) is 10.5 Å². The third-order valence-electron chi connectivity index (χ3n) is 0.427. The van der Waals surface area contributed by atoms with Crippen molar-refractivity contribution in [2.45, 2.75) is 0 Å². The lowest BCUT2D eigenvalue weighted by Gasteiger charge is -1.91. The molecule has 0 rings (SSSR count). The Morgan fingerprint density at radius 2 is 2.50 bits per heavy atom. The number of carbonyl (C=O) groups excluding carboxylic acids is 1. The molecule has 0 aromatic rings. The quantitative estimate of drug-likeness (QED) is 0.506. The summed E-state index contributed by atoms with van der Waals surface area (Å²) in [6.45, 7) is 0.0197. The van der Waals surface area contributed by atoms with Crippen LogP contribution in [0.3, 0.4) is 0 Å². The molecule has 1 amide bonds. The van der Waals surface area contributed by atoms with E-state index in [1.54, 1.807) is 0 Å². The highest BCUT2D eigenvalue weighted by Gasteiger charge is 1.85. The van der Waals surface area contributed by atoms with Gasteiger partial charge in [-0.25, -0.2) is 4.79 Å². The smallest absolute Gasteiger partial charge is 0.404 e. The molecule has 0 radical (unpaired) electrons. The van der Waals surface area contributed by atoms with Crippen molar-refractivity contribution >= 4 is 6.09 Å². The van der Waals surface area contributed by atoms with Crippen LogP contribution >= 0.6 is 0 Å². The van der Waals surface area contributed by atoms with Gasteiger partial charge < -0.3 is 15.6 Å². The average Bonchev–Trinajstić information content (AvgIpc) is 1.66. The topological polar surface area (TPSA) is 72.6 Å². The van der Waals surface area contributed by atoms with E-state index < -0.39 is 6.09 Å². The standard InChI is InChI=1S/C4H7NO3/c5-4(7)8-3-1-2-6/h1-2,6H,3H2,(H2,5,7)/b2-1+. The molecule has 0 saturated heterocycles. The molecule has 4 heteroatoms. The molecule has 0 aromatic heterocycles. The van der Waals surface area contributed by atoms with Crippen molar-refractivity contribution < 1.29 is 14.6 Å². The van der Waals surface area contributed by atoms with Gasteiger partial charge in [0, 0.05) is 0 Å². The molecule has 0 atom stereocenters. The van der Waals surface area contributed by atoms with Gasteiger partial charge in [-0.1, -0.05) is 0 Å². The molecular formula is C4H7NO3. The Hall–Kier alpha value is -1.19. The van der Waals surface area contributed by atoms with Gasteiger partial charge in [-0.05, 0) is 6.08 Å². The Balaban J connectivity index is 3.05. The SMILES string of the molecule is NC(=O)OC/C=C/O. The summed E-state index contributed by atoms with van der Waals surface area (Å²) in [5, 5.41) is 7.97. The zero-order valence-electron chi connectivity index (χ0n) is 4.20. The summed E-state index contributed by atoms with van der Waals surface area (Å²) < 4.78 is 4.17. The molecule has 0 bridgehead atoms. The molecule has 0 heterocycles. The molecule has 0 fully saturated rings. The number of ether oxygens (including phenoxy) is 1. The second kappa shape index (κ2) is 3.98. The van der Waals surface area contributed by atoms with Gasteiger partial charge in [0.25, 0.3) is 0 Å². The number of nitrogens with two attached hydrogens (primary N) is 1. The summed E-state index contributed by atoms with van der Waals surface area (Å²) >= 11 is 0. The monoisotopic (exact) mass is 117 g/mol. The number of primary amides is 1. The normalized spacial score (nSPS) is 9.50. The van der Waals surface area contributed by atoms with E-state index in [1.165, 1.54) is 6.08 Å². The summed E-state index contributed by atoms with van der Waals surface area (Å²) in [5.41, 5.74) is 4.56. The Labute approximate surface area is 46.6 Å². The van der Waals surface area contributed by atoms with E-state index in [0.29, 0.717) is 0 Å². The van der Waals surface area contributed by atoms with Crippen molar-refractivity contribution in [3.63, 3.8) is 0 Å². The lowest BCUT2D eigenvalue weighted by molar-refractivity contribution is 0.168. The lowest BCUT2D eigenvalue weighted by atomic mass is 10.7. The Bertz CT molecular complexity index is 99.5. The molecule has 3 N–H and O–H groups in total. The van der Waals surface area contributed by atoms with Crippen LogP contribution in [0.25, 0.3) is 0 Å². The number of aliphatic hydroxyl groups excluding tert-OH is 1. The summed E-state index contributed by atoms with van der Waals surface area (Å²) in [6, 6.07) is 0. The Morgan fingerprint density at radius 1 is 1.88 bits per heavy atom. The highest BCUT2D eigenvalue weighted by atomic mass is 16.5. The number of amides is 1. The minimum Gasteiger partial charge on any atom is -0.516 e. The van der Waals surface area contributed by atoms with Gasteiger partial charge in [-0.15, -0.1) is 0 Å². The van der Waals surface area contributed by atoms with Crippen molar-refractivity contribution in [3.8, 4) is 0 Å². The molecule has 4 nitrogen and oxygen atoms in total. The first kappa shape index (κ1) is 6.81. The zero-order chi connectivity index (χ0) is 6.41. The summed E-state index contributed by atoms with van der Waals surface area (Å²) in [7, 11) is 0. The molecular weight excluding hydrogens is 110 g/mol. The van der Waals surface area contributed by atoms with Crippen LogP contribution in [0, 0.1) is 0 Å². The molecule has 0 aliphatic heterocycles. The van der Waals surface area contributed by atoms with Gasteiger partial charge in [0.2, 0.25) is 0 Å². The minimum atomic E-state index is -0.844. The predicted molar refractivity (Wildman–Crippen MR) is 27.3 cm³/mol. The van der Waals surface area contributed by atoms with Gasteiger partial charge in [0.1, 0.15) is 6.61 Å². The van der Waals surface area contributed by atoms with Gasteiger partial charge in [0.05, 0.1) is 6.26 Å². The fourth-order valence-electron chi connectivity index (χ4n) is 0.173. The molecule has 0 aliphatic rings. The van der Waals surface area contributed by atoms with E-state index in [0.717, 1.165) is 6.26 Å². The second-order valence-electron chi connectivity index (χ2n) is 1.01. The Kier molecular flexibility index (Phi) is 3.39. The molecule has 0 spiro atoms. The number of hydrogen-bond donors (Lipinski definition) is 2. The van der Waals surface area contributed by atoms with Crippen molar-refractivity contribution in [2.24, 2.45) is 5.73 Å². The third-order valence-corrected chi connectivity index (χ3v) is 0.427. The van der Waals surface area contributed by atoms with Crippen LogP contribution in [0.5, 0.6) is 0 Å². The van der Waals surface area contributed by atoms with Crippen LogP contribution in [-0.2, 0) is 4.74 Å². The van der Waals surface area contributed by atoms with E-state index in [1.807, 2.05) is 0 Å². The van der Waals surface area contributed by atoms with Crippen molar-refractivity contribution in [1.29, 1.82) is 0 Å². The maximum atomic E-state index is 9.76. The molecule has 0 unspecified atom stereocenters.